The highest BCUT2D eigenvalue weighted by molar-refractivity contribution is 6.11. The van der Waals surface area contributed by atoms with Gasteiger partial charge in [0.25, 0.3) is 5.91 Å². The summed E-state index contributed by atoms with van der Waals surface area (Å²) in [5, 5.41) is 22.6. The number of Topliss-reactive ketones (excluding diaryl/α,β-unsaturated/α-hetero) is 1. The van der Waals surface area contributed by atoms with Crippen molar-refractivity contribution in [2.45, 2.75) is 18.3 Å². The number of carboxylic acid groups (broad SMARTS) is 2. The van der Waals surface area contributed by atoms with Crippen molar-refractivity contribution < 1.29 is 52.0 Å². The van der Waals surface area contributed by atoms with Crippen LogP contribution in [0.5, 0.6) is 5.75 Å². The van der Waals surface area contributed by atoms with Crippen LogP contribution in [-0.2, 0) is 19.1 Å². The van der Waals surface area contributed by atoms with Crippen LogP contribution < -0.4 is 15.9 Å². The fourth-order valence-electron chi connectivity index (χ4n) is 2.44. The second-order valence-corrected chi connectivity index (χ2v) is 6.72. The summed E-state index contributed by atoms with van der Waals surface area (Å²) in [6.07, 6.45) is -3.97. The first-order valence-electron chi connectivity index (χ1n) is 9.83. The van der Waals surface area contributed by atoms with Gasteiger partial charge in [0.05, 0.1) is 12.8 Å². The van der Waals surface area contributed by atoms with E-state index in [0.717, 1.165) is 0 Å². The number of halogens is 3. The minimum atomic E-state index is -5.08. The molecule has 5 N–H and O–H groups in total. The second kappa shape index (κ2) is 13.4. The third-order valence-electron chi connectivity index (χ3n) is 4.17. The Morgan fingerprint density at radius 2 is 1.56 bits per heavy atom. The van der Waals surface area contributed by atoms with Crippen molar-refractivity contribution in [3.8, 4) is 5.75 Å². The highest BCUT2D eigenvalue weighted by Gasteiger charge is 2.50. The molecule has 2 rings (SSSR count). The van der Waals surface area contributed by atoms with Crippen LogP contribution >= 0.6 is 0 Å². The zero-order chi connectivity index (χ0) is 27.4. The molecule has 0 aliphatic heterocycles. The molecule has 1 atom stereocenters. The number of hydrogen-bond donors (Lipinski definition) is 4. The van der Waals surface area contributed by atoms with Crippen LogP contribution in [-0.4, -0.2) is 65.7 Å². The molecule has 0 spiro atoms. The van der Waals surface area contributed by atoms with Gasteiger partial charge >= 0.3 is 23.8 Å². The number of carbonyl (C=O) groups is 4. The number of alkyl halides is 3. The van der Waals surface area contributed by atoms with Crippen LogP contribution in [0.3, 0.4) is 0 Å². The van der Waals surface area contributed by atoms with Gasteiger partial charge in [-0.3, -0.25) is 14.9 Å². The second-order valence-electron chi connectivity index (χ2n) is 6.72. The van der Waals surface area contributed by atoms with Crippen LogP contribution in [0.2, 0.25) is 0 Å². The molecule has 0 fully saturated rings. The summed E-state index contributed by atoms with van der Waals surface area (Å²) in [7, 11) is 1.37. The monoisotopic (exact) mass is 513 g/mol. The highest BCUT2D eigenvalue weighted by atomic mass is 19.4. The first kappa shape index (κ1) is 29.6. The van der Waals surface area contributed by atoms with Crippen molar-refractivity contribution >= 4 is 29.8 Å². The van der Waals surface area contributed by atoms with Gasteiger partial charge < -0.3 is 25.5 Å². The summed E-state index contributed by atoms with van der Waals surface area (Å²) in [4.78, 5) is 46.4. The molecule has 194 valence electrons. The number of nitrogens with two attached hydrogens (primary N) is 1. The van der Waals surface area contributed by atoms with Gasteiger partial charge in [-0.05, 0) is 29.8 Å². The molecular weight excluding hydrogens is 491 g/mol. The fourth-order valence-corrected chi connectivity index (χ4v) is 2.44. The molecule has 0 aliphatic rings. The van der Waals surface area contributed by atoms with Crippen molar-refractivity contribution in [1.82, 2.24) is 5.32 Å². The number of hydrogen-bond acceptors (Lipinski definition) is 8. The molecule has 0 heterocycles. The standard InChI is InChI=1S/C20H21N3O6.C2HF3O2/c1-28-12-11-17(24)20(19(26)27,29-16-5-3-2-4-6-16)23-18(25)15-9-7-14(8-10-15)13-22-21;3-2(4,5)1(6)7/h2-10,13H,11-12,21H2,1H3,(H,23,25)(H,26,27);(H,6,7). The number of nitrogens with zero attached hydrogens (tertiary/aromatic N) is 1. The molecule has 0 saturated carbocycles. The minimum Gasteiger partial charge on any atom is -0.476 e. The Labute approximate surface area is 202 Å². The maximum atomic E-state index is 12.7. The zero-order valence-electron chi connectivity index (χ0n) is 18.7. The average Bonchev–Trinajstić information content (AvgIpc) is 2.83. The van der Waals surface area contributed by atoms with E-state index in [1.807, 2.05) is 0 Å². The lowest BCUT2D eigenvalue weighted by Crippen LogP contribution is -2.64. The molecule has 1 amide bonds. The number of methoxy groups -OCH3 is 1. The Balaban J connectivity index is 0.000000809. The van der Waals surface area contributed by atoms with E-state index >= 15 is 0 Å². The Bertz CT molecular complexity index is 1080. The molecule has 0 radical (unpaired) electrons. The van der Waals surface area contributed by atoms with Crippen molar-refractivity contribution in [1.29, 1.82) is 0 Å². The number of aliphatic carboxylic acids is 2. The fraction of sp³-hybridized carbons (Fsp3) is 0.227. The molecule has 11 nitrogen and oxygen atoms in total. The zero-order valence-corrected chi connectivity index (χ0v) is 18.7. The Kier molecular flexibility index (Phi) is 11.0. The Morgan fingerprint density at radius 3 is 2.00 bits per heavy atom. The first-order chi connectivity index (χ1) is 16.9. The number of para-hydroxylation sites is 1. The predicted octanol–water partition coefficient (Wildman–Crippen LogP) is 1.81. The van der Waals surface area contributed by atoms with E-state index in [1.54, 1.807) is 30.3 Å². The van der Waals surface area contributed by atoms with Crippen molar-refractivity contribution in [3.05, 3.63) is 65.7 Å². The number of nitrogens with one attached hydrogen (secondary N) is 1. The summed E-state index contributed by atoms with van der Waals surface area (Å²) in [6, 6.07) is 13.9. The molecule has 0 aromatic heterocycles. The third-order valence-corrected chi connectivity index (χ3v) is 4.17. The summed E-state index contributed by atoms with van der Waals surface area (Å²) < 4.78 is 42.1. The minimum absolute atomic E-state index is 0.0327. The number of ketones is 1. The lowest BCUT2D eigenvalue weighted by Gasteiger charge is -2.29. The van der Waals surface area contributed by atoms with E-state index in [2.05, 4.69) is 10.4 Å². The van der Waals surface area contributed by atoms with Crippen LogP contribution in [0, 0.1) is 0 Å². The molecule has 0 aliphatic carbocycles. The van der Waals surface area contributed by atoms with E-state index in [0.29, 0.717) is 5.56 Å². The molecule has 1 unspecified atom stereocenters. The summed E-state index contributed by atoms with van der Waals surface area (Å²) in [6.45, 7) is -0.0327. The van der Waals surface area contributed by atoms with E-state index in [4.69, 9.17) is 25.2 Å². The van der Waals surface area contributed by atoms with Crippen molar-refractivity contribution in [2.75, 3.05) is 13.7 Å². The normalized spacial score (nSPS) is 12.6. The van der Waals surface area contributed by atoms with Gasteiger partial charge in [-0.15, -0.1) is 0 Å². The largest absolute Gasteiger partial charge is 0.490 e. The summed E-state index contributed by atoms with van der Waals surface area (Å²) in [5.41, 5.74) is -1.85. The van der Waals surface area contributed by atoms with Crippen LogP contribution in [0.1, 0.15) is 22.3 Å². The summed E-state index contributed by atoms with van der Waals surface area (Å²) >= 11 is 0. The molecule has 0 bridgehead atoms. The van der Waals surface area contributed by atoms with Gasteiger partial charge in [0.15, 0.2) is 0 Å². The number of carbonyl (C=O) groups excluding carboxylic acids is 2. The third kappa shape index (κ3) is 8.72. The van der Waals surface area contributed by atoms with E-state index < -0.39 is 35.5 Å². The Hall–Kier alpha value is -4.46. The number of carboxylic acids is 2. The van der Waals surface area contributed by atoms with Crippen LogP contribution in [0.15, 0.2) is 59.7 Å². The van der Waals surface area contributed by atoms with E-state index in [-0.39, 0.29) is 24.3 Å². The molecular formula is C22H22F3N3O8. The molecule has 2 aromatic carbocycles. The van der Waals surface area contributed by atoms with Crippen LogP contribution in [0.4, 0.5) is 13.2 Å². The quantitative estimate of drug-likeness (QED) is 0.121. The SMILES string of the molecule is COCCC(=O)C(NC(=O)c1ccc(C=NN)cc1)(Oc1ccccc1)C(=O)O.O=C(O)C(F)(F)F. The van der Waals surface area contributed by atoms with Crippen molar-refractivity contribution in [3.63, 3.8) is 0 Å². The number of amides is 1. The van der Waals surface area contributed by atoms with Gasteiger partial charge in [0.1, 0.15) is 5.75 Å². The number of hydrazone groups is 1. The lowest BCUT2D eigenvalue weighted by atomic mass is 10.0. The lowest BCUT2D eigenvalue weighted by molar-refractivity contribution is -0.192. The molecule has 2 aromatic rings. The van der Waals surface area contributed by atoms with Gasteiger partial charge in [-0.1, -0.05) is 30.3 Å². The van der Waals surface area contributed by atoms with E-state index in [1.165, 1.54) is 37.6 Å². The first-order valence-corrected chi connectivity index (χ1v) is 9.83. The Morgan fingerprint density at radius 1 is 1.00 bits per heavy atom. The van der Waals surface area contributed by atoms with Gasteiger partial charge in [0, 0.05) is 19.1 Å². The van der Waals surface area contributed by atoms with Gasteiger partial charge in [-0.25, -0.2) is 9.59 Å². The highest BCUT2D eigenvalue weighted by Crippen LogP contribution is 2.20. The van der Waals surface area contributed by atoms with Gasteiger partial charge in [-0.2, -0.15) is 18.3 Å². The smallest absolute Gasteiger partial charge is 0.476 e. The summed E-state index contributed by atoms with van der Waals surface area (Å²) in [5.74, 6) is -0.884. The van der Waals surface area contributed by atoms with E-state index in [9.17, 15) is 32.7 Å². The number of benzene rings is 2. The average molecular weight is 513 g/mol. The predicted molar refractivity (Wildman–Crippen MR) is 118 cm³/mol. The molecule has 14 heteroatoms. The number of rotatable bonds is 10. The maximum Gasteiger partial charge on any atom is 0.490 e. The number of ether oxygens (including phenoxy) is 2. The van der Waals surface area contributed by atoms with Crippen molar-refractivity contribution in [2.24, 2.45) is 10.9 Å². The van der Waals surface area contributed by atoms with Gasteiger partial charge in [0.2, 0.25) is 5.78 Å². The molecule has 0 saturated heterocycles. The maximum absolute atomic E-state index is 12.7. The molecule has 36 heavy (non-hydrogen) atoms. The topological polar surface area (TPSA) is 178 Å². The van der Waals surface area contributed by atoms with Crippen LogP contribution in [0.25, 0.3) is 0 Å².